The molecule has 14 heteroatoms. The number of amides is 3. The Morgan fingerprint density at radius 2 is 1.76 bits per heavy atom. The van der Waals surface area contributed by atoms with Gasteiger partial charge in [0.05, 0.1) is 28.8 Å². The Labute approximate surface area is 258 Å². The van der Waals surface area contributed by atoms with Gasteiger partial charge in [0.1, 0.15) is 6.10 Å². The molecule has 2 saturated heterocycles. The molecule has 0 saturated carbocycles. The highest BCUT2D eigenvalue weighted by Gasteiger charge is 2.31. The van der Waals surface area contributed by atoms with Gasteiger partial charge in [-0.05, 0) is 54.8 Å². The quantitative estimate of drug-likeness (QED) is 0.226. The van der Waals surface area contributed by atoms with Crippen LogP contribution in [-0.2, 0) is 14.3 Å². The van der Waals surface area contributed by atoms with Gasteiger partial charge in [-0.15, -0.1) is 0 Å². The molecule has 5 rings (SSSR count). The second kappa shape index (κ2) is 13.9. The Balaban J connectivity index is 1.38. The number of hydrogen-bond donors (Lipinski definition) is 3. The number of nitro benzene ring substituents is 1. The molecule has 0 bridgehead atoms. The predicted octanol–water partition coefficient (Wildman–Crippen LogP) is 3.02. The number of nitrogens with zero attached hydrogens (tertiary/aromatic N) is 4. The number of carboxylic acid groups (broad SMARTS) is 1. The minimum Gasteiger partial charge on any atom is -0.481 e. The van der Waals surface area contributed by atoms with E-state index in [9.17, 15) is 34.4 Å². The Morgan fingerprint density at radius 3 is 2.38 bits per heavy atom. The summed E-state index contributed by atoms with van der Waals surface area (Å²) in [6, 6.07) is 12.4. The molecule has 2 aromatic carbocycles. The minimum atomic E-state index is -1.10. The number of piperazine rings is 1. The number of aliphatic carboxylic acids is 1. The van der Waals surface area contributed by atoms with Gasteiger partial charge in [-0.25, -0.2) is 0 Å². The number of non-ortho nitro benzene ring substituents is 1. The number of pyridine rings is 1. The summed E-state index contributed by atoms with van der Waals surface area (Å²) in [7, 11) is 0. The van der Waals surface area contributed by atoms with Crippen molar-refractivity contribution in [2.24, 2.45) is 0 Å². The van der Waals surface area contributed by atoms with Crippen LogP contribution in [0.1, 0.15) is 51.6 Å². The van der Waals surface area contributed by atoms with Crippen molar-refractivity contribution < 1.29 is 33.9 Å². The zero-order valence-corrected chi connectivity index (χ0v) is 24.3. The molecule has 3 heterocycles. The van der Waals surface area contributed by atoms with Crippen molar-refractivity contribution in [3.8, 4) is 0 Å². The number of anilines is 2. The number of hydrogen-bond acceptors (Lipinski definition) is 9. The maximum absolute atomic E-state index is 13.4. The van der Waals surface area contributed by atoms with Crippen LogP contribution in [0.2, 0.25) is 0 Å². The summed E-state index contributed by atoms with van der Waals surface area (Å²) in [5.41, 5.74) is 1.62. The molecule has 3 aromatic rings. The fraction of sp³-hybridized carbons (Fsp3) is 0.323. The van der Waals surface area contributed by atoms with Crippen LogP contribution in [0.5, 0.6) is 0 Å². The van der Waals surface area contributed by atoms with Crippen LogP contribution < -0.4 is 15.5 Å². The average molecular weight is 617 g/mol. The van der Waals surface area contributed by atoms with Crippen LogP contribution in [-0.4, -0.2) is 82.5 Å². The number of ether oxygens (including phenoxy) is 1. The maximum atomic E-state index is 13.4. The first kappa shape index (κ1) is 31.1. The normalized spacial score (nSPS) is 16.9. The number of nitro groups is 1. The van der Waals surface area contributed by atoms with E-state index in [1.54, 1.807) is 35.4 Å². The van der Waals surface area contributed by atoms with Crippen LogP contribution in [0.4, 0.5) is 17.1 Å². The summed E-state index contributed by atoms with van der Waals surface area (Å²) >= 11 is 0. The van der Waals surface area contributed by atoms with Crippen molar-refractivity contribution in [1.82, 2.24) is 15.2 Å². The zero-order chi connectivity index (χ0) is 31.9. The third-order valence-electron chi connectivity index (χ3n) is 7.76. The van der Waals surface area contributed by atoms with Gasteiger partial charge in [-0.3, -0.25) is 34.3 Å². The molecule has 0 aliphatic carbocycles. The van der Waals surface area contributed by atoms with Gasteiger partial charge in [0.15, 0.2) is 0 Å². The lowest BCUT2D eigenvalue weighted by Gasteiger charge is -2.37. The van der Waals surface area contributed by atoms with Crippen LogP contribution in [0.25, 0.3) is 0 Å². The van der Waals surface area contributed by atoms with E-state index in [0.29, 0.717) is 56.1 Å². The summed E-state index contributed by atoms with van der Waals surface area (Å²) in [4.78, 5) is 69.3. The van der Waals surface area contributed by atoms with Crippen LogP contribution in [0, 0.1) is 10.1 Å². The van der Waals surface area contributed by atoms with E-state index in [0.717, 1.165) is 6.42 Å². The van der Waals surface area contributed by atoms with Gasteiger partial charge < -0.3 is 30.3 Å². The topological polar surface area (TPSA) is 184 Å². The van der Waals surface area contributed by atoms with Crippen molar-refractivity contribution in [3.63, 3.8) is 0 Å². The molecule has 2 unspecified atom stereocenters. The van der Waals surface area contributed by atoms with E-state index in [1.807, 2.05) is 4.90 Å². The van der Waals surface area contributed by atoms with E-state index in [1.165, 1.54) is 36.5 Å². The number of nitrogens with one attached hydrogen (secondary N) is 2. The van der Waals surface area contributed by atoms with Gasteiger partial charge in [0, 0.05) is 68.4 Å². The van der Waals surface area contributed by atoms with Gasteiger partial charge >= 0.3 is 5.97 Å². The lowest BCUT2D eigenvalue weighted by Crippen LogP contribution is -2.51. The highest BCUT2D eigenvalue weighted by Crippen LogP contribution is 2.30. The van der Waals surface area contributed by atoms with E-state index < -0.39 is 34.9 Å². The summed E-state index contributed by atoms with van der Waals surface area (Å²) < 4.78 is 5.55. The van der Waals surface area contributed by atoms with Crippen LogP contribution >= 0.6 is 0 Å². The lowest BCUT2D eigenvalue weighted by molar-refractivity contribution is -0.384. The van der Waals surface area contributed by atoms with E-state index >= 15 is 0 Å². The molecule has 2 aliphatic rings. The van der Waals surface area contributed by atoms with Crippen molar-refractivity contribution in [1.29, 1.82) is 0 Å². The molecule has 2 atom stereocenters. The fourth-order valence-electron chi connectivity index (χ4n) is 5.38. The fourth-order valence-corrected chi connectivity index (χ4v) is 5.38. The second-order valence-corrected chi connectivity index (χ2v) is 10.7. The highest BCUT2D eigenvalue weighted by molar-refractivity contribution is 6.07. The Hall–Kier alpha value is -5.37. The first-order valence-corrected chi connectivity index (χ1v) is 14.5. The van der Waals surface area contributed by atoms with Crippen LogP contribution in [0.3, 0.4) is 0 Å². The number of carbonyl (C=O) groups excluding carboxylic acids is 3. The summed E-state index contributed by atoms with van der Waals surface area (Å²) in [5.74, 6) is -2.24. The van der Waals surface area contributed by atoms with Gasteiger partial charge in [0.2, 0.25) is 0 Å². The third kappa shape index (κ3) is 7.59. The van der Waals surface area contributed by atoms with Crippen molar-refractivity contribution in [2.45, 2.75) is 31.4 Å². The Bertz CT molecular complexity index is 1570. The van der Waals surface area contributed by atoms with Gasteiger partial charge in [0.25, 0.3) is 23.4 Å². The number of rotatable bonds is 10. The minimum absolute atomic E-state index is 0.0320. The molecule has 14 nitrogen and oxygen atoms in total. The largest absolute Gasteiger partial charge is 0.481 e. The standard InChI is InChI=1S/C31H32N6O8/c38-28(39)18-24(22-3-1-11-32-19-22)33-30(41)21-7-10-26(35-12-14-36(15-13-35)31(42)27-4-2-16-45-27)25(17-21)34-29(40)20-5-8-23(9-6-20)37(43)44/h1,3,5-11,17,19,24,27H,2,4,12-16,18H2,(H,33,41)(H,34,40)(H,38,39). The monoisotopic (exact) mass is 616 g/mol. The predicted molar refractivity (Wildman–Crippen MR) is 162 cm³/mol. The molecule has 234 valence electrons. The highest BCUT2D eigenvalue weighted by atomic mass is 16.6. The summed E-state index contributed by atoms with van der Waals surface area (Å²) in [5, 5.41) is 26.1. The number of benzene rings is 2. The molecule has 3 amide bonds. The van der Waals surface area contributed by atoms with Crippen molar-refractivity contribution in [2.75, 3.05) is 43.0 Å². The first-order valence-electron chi connectivity index (χ1n) is 14.5. The molecular weight excluding hydrogens is 584 g/mol. The van der Waals surface area contributed by atoms with Gasteiger partial charge in [-0.1, -0.05) is 6.07 Å². The van der Waals surface area contributed by atoms with E-state index in [4.69, 9.17) is 4.74 Å². The maximum Gasteiger partial charge on any atom is 0.305 e. The molecule has 0 radical (unpaired) electrons. The number of carboxylic acids is 1. The molecule has 2 aliphatic heterocycles. The molecule has 45 heavy (non-hydrogen) atoms. The van der Waals surface area contributed by atoms with Crippen LogP contribution in [0.15, 0.2) is 67.0 Å². The molecule has 0 spiro atoms. The van der Waals surface area contributed by atoms with Crippen molar-refractivity contribution >= 4 is 40.8 Å². The SMILES string of the molecule is O=C(O)CC(NC(=O)c1ccc(N2CCN(C(=O)C3CCCO3)CC2)c(NC(=O)c2ccc([N+](=O)[O-])cc2)c1)c1cccnc1. The molecular formula is C31H32N6O8. The van der Waals surface area contributed by atoms with Crippen molar-refractivity contribution in [3.05, 3.63) is 93.8 Å². The molecule has 2 fully saturated rings. The van der Waals surface area contributed by atoms with E-state index in [-0.39, 0.29) is 29.1 Å². The molecule has 1 aromatic heterocycles. The number of aromatic nitrogens is 1. The zero-order valence-electron chi connectivity index (χ0n) is 24.3. The average Bonchev–Trinajstić information content (AvgIpc) is 3.60. The smallest absolute Gasteiger partial charge is 0.305 e. The summed E-state index contributed by atoms with van der Waals surface area (Å²) in [6.07, 6.45) is 3.80. The third-order valence-corrected chi connectivity index (χ3v) is 7.76. The van der Waals surface area contributed by atoms with E-state index in [2.05, 4.69) is 15.6 Å². The first-order chi connectivity index (χ1) is 21.7. The summed E-state index contributed by atoms with van der Waals surface area (Å²) in [6.45, 7) is 2.39. The van der Waals surface area contributed by atoms with Gasteiger partial charge in [-0.2, -0.15) is 0 Å². The molecule has 3 N–H and O–H groups in total. The second-order valence-electron chi connectivity index (χ2n) is 10.7. The lowest BCUT2D eigenvalue weighted by atomic mass is 10.0. The number of carbonyl (C=O) groups is 4. The Kier molecular flexibility index (Phi) is 9.63. The Morgan fingerprint density at radius 1 is 1.02 bits per heavy atom.